The van der Waals surface area contributed by atoms with E-state index in [2.05, 4.69) is 52.3 Å². The monoisotopic (exact) mass is 518 g/mol. The van der Waals surface area contributed by atoms with Crippen molar-refractivity contribution in [1.82, 2.24) is 0 Å². The maximum atomic E-state index is 12.9. The Morgan fingerprint density at radius 2 is 1.76 bits per heavy atom. The minimum absolute atomic E-state index is 0.127. The van der Waals surface area contributed by atoms with E-state index >= 15 is 0 Å². The average molecular weight is 520 g/mol. The Labute approximate surface area is 189 Å². The average Bonchev–Trinajstić information content (AvgIpc) is 3.19. The van der Waals surface area contributed by atoms with Gasteiger partial charge in [-0.3, -0.25) is 4.79 Å². The van der Waals surface area contributed by atoms with E-state index in [1.807, 2.05) is 67.6 Å². The van der Waals surface area contributed by atoms with E-state index in [0.717, 1.165) is 20.3 Å². The fourth-order valence-corrected chi connectivity index (χ4v) is 4.15. The Kier molecular flexibility index (Phi) is 6.69. The molecule has 1 aliphatic carbocycles. The molecule has 0 N–H and O–H groups in total. The first kappa shape index (κ1) is 21.8. The first-order valence-electron chi connectivity index (χ1n) is 9.41. The number of para-hydroxylation sites is 1. The quantitative estimate of drug-likeness (QED) is 0.280. The Hall–Kier alpha value is -1.85. The normalized spacial score (nSPS) is 20.3. The second-order valence-corrected chi connectivity index (χ2v) is 10.7. The fourth-order valence-electron chi connectivity index (χ4n) is 3.58. The fraction of sp³-hybridized carbons (Fsp3) is 0.292. The third-order valence-corrected chi connectivity index (χ3v) is 5.82. The highest BCUT2D eigenvalue weighted by Gasteiger charge is 2.61. The summed E-state index contributed by atoms with van der Waals surface area (Å²) in [6, 6.07) is 17.2. The van der Waals surface area contributed by atoms with Crippen molar-refractivity contribution in [1.29, 1.82) is 0 Å². The lowest BCUT2D eigenvalue weighted by atomic mass is 10.0. The molecule has 1 fully saturated rings. The van der Waals surface area contributed by atoms with Crippen molar-refractivity contribution >= 4 is 37.8 Å². The number of ether oxygens (including phenoxy) is 2. The Morgan fingerprint density at radius 3 is 2.38 bits per heavy atom. The number of hydrogen-bond acceptors (Lipinski definition) is 3. The summed E-state index contributed by atoms with van der Waals surface area (Å²) in [7, 11) is 0. The number of esters is 1. The molecule has 0 bridgehead atoms. The lowest BCUT2D eigenvalue weighted by molar-refractivity contribution is -0.150. The summed E-state index contributed by atoms with van der Waals surface area (Å²) in [6.45, 7) is 10.1. The van der Waals surface area contributed by atoms with Gasteiger partial charge >= 0.3 is 5.97 Å². The van der Waals surface area contributed by atoms with Gasteiger partial charge in [0.25, 0.3) is 0 Å². The van der Waals surface area contributed by atoms with Gasteiger partial charge in [0.2, 0.25) is 0 Å². The van der Waals surface area contributed by atoms with Crippen molar-refractivity contribution in [3.8, 4) is 11.5 Å². The predicted molar refractivity (Wildman–Crippen MR) is 123 cm³/mol. The zero-order valence-corrected chi connectivity index (χ0v) is 19.9. The molecule has 0 aliphatic heterocycles. The number of benzene rings is 2. The van der Waals surface area contributed by atoms with Crippen molar-refractivity contribution in [2.45, 2.75) is 26.9 Å². The molecule has 5 heteroatoms. The largest absolute Gasteiger partial charge is 0.457 e. The zero-order chi connectivity index (χ0) is 21.2. The van der Waals surface area contributed by atoms with Crippen LogP contribution in [0, 0.1) is 17.3 Å². The summed E-state index contributed by atoms with van der Waals surface area (Å²) in [5.74, 6) is 1.18. The molecule has 2 aromatic carbocycles. The maximum Gasteiger partial charge on any atom is 0.311 e. The van der Waals surface area contributed by atoms with E-state index in [1.165, 1.54) is 0 Å². The Morgan fingerprint density at radius 1 is 1.10 bits per heavy atom. The van der Waals surface area contributed by atoms with Crippen LogP contribution in [0.5, 0.6) is 11.5 Å². The molecule has 29 heavy (non-hydrogen) atoms. The van der Waals surface area contributed by atoms with Crippen LogP contribution in [0.1, 0.15) is 32.4 Å². The minimum atomic E-state index is -0.518. The summed E-state index contributed by atoms with van der Waals surface area (Å²) in [6.07, 6.45) is 1.49. The van der Waals surface area contributed by atoms with Gasteiger partial charge in [-0.25, -0.2) is 0 Å². The highest BCUT2D eigenvalue weighted by atomic mass is 79.9. The number of halogens is 2. The van der Waals surface area contributed by atoms with Crippen LogP contribution in [-0.2, 0) is 9.53 Å². The summed E-state index contributed by atoms with van der Waals surface area (Å²) in [4.78, 5) is 12.9. The van der Waals surface area contributed by atoms with Crippen molar-refractivity contribution in [3.63, 3.8) is 0 Å². The Bertz CT molecular complexity index is 930. The van der Waals surface area contributed by atoms with Crippen molar-refractivity contribution in [2.24, 2.45) is 17.3 Å². The molecule has 0 spiro atoms. The number of rotatable bonds is 7. The van der Waals surface area contributed by atoms with Gasteiger partial charge in [0.05, 0.1) is 9.31 Å². The van der Waals surface area contributed by atoms with Crippen LogP contribution in [0.15, 0.2) is 76.2 Å². The van der Waals surface area contributed by atoms with E-state index in [-0.39, 0.29) is 23.2 Å². The van der Waals surface area contributed by atoms with E-state index in [9.17, 15) is 4.79 Å². The summed E-state index contributed by atoms with van der Waals surface area (Å²) < 4.78 is 12.7. The van der Waals surface area contributed by atoms with Crippen LogP contribution < -0.4 is 4.74 Å². The lowest BCUT2D eigenvalue weighted by Gasteiger charge is -2.20. The van der Waals surface area contributed by atoms with Crippen LogP contribution in [0.25, 0.3) is 0 Å². The summed E-state index contributed by atoms with van der Waals surface area (Å²) in [5.41, 5.74) is 1.47. The van der Waals surface area contributed by atoms with Gasteiger partial charge in [-0.2, -0.15) is 0 Å². The molecule has 0 heterocycles. The lowest BCUT2D eigenvalue weighted by Crippen LogP contribution is -2.16. The highest BCUT2D eigenvalue weighted by molar-refractivity contribution is 9.28. The van der Waals surface area contributed by atoms with Crippen LogP contribution >= 0.6 is 31.9 Å². The smallest absolute Gasteiger partial charge is 0.311 e. The molecule has 2 aromatic rings. The van der Waals surface area contributed by atoms with E-state index in [0.29, 0.717) is 5.75 Å². The molecule has 1 aliphatic rings. The van der Waals surface area contributed by atoms with Gasteiger partial charge in [-0.05, 0) is 80.0 Å². The van der Waals surface area contributed by atoms with Gasteiger partial charge in [0, 0.05) is 5.56 Å². The molecule has 0 saturated heterocycles. The molecule has 152 valence electrons. The topological polar surface area (TPSA) is 35.5 Å². The second kappa shape index (κ2) is 8.88. The second-order valence-electron chi connectivity index (χ2n) is 7.93. The summed E-state index contributed by atoms with van der Waals surface area (Å²) >= 11 is 6.77. The van der Waals surface area contributed by atoms with Crippen molar-refractivity contribution < 1.29 is 14.3 Å². The molecule has 0 amide bonds. The molecule has 0 aromatic heterocycles. The first-order valence-corrected chi connectivity index (χ1v) is 11.0. The van der Waals surface area contributed by atoms with Gasteiger partial charge in [-0.15, -0.1) is 0 Å². The van der Waals surface area contributed by atoms with Gasteiger partial charge in [0.15, 0.2) is 0 Å². The SMILES string of the molecule is C=C(C)C(OC(=O)C1C(C=C(Br)Br)C1(C)C)c1cccc(Oc2ccccc2)c1. The number of hydrogen-bond donors (Lipinski definition) is 0. The zero-order valence-electron chi connectivity index (χ0n) is 16.7. The van der Waals surface area contributed by atoms with Crippen LogP contribution in [0.3, 0.4) is 0 Å². The minimum Gasteiger partial charge on any atom is -0.457 e. The molecule has 3 atom stereocenters. The van der Waals surface area contributed by atoms with E-state index < -0.39 is 6.10 Å². The molecule has 3 nitrogen and oxygen atoms in total. The van der Waals surface area contributed by atoms with Gasteiger partial charge < -0.3 is 9.47 Å². The third kappa shape index (κ3) is 5.20. The number of allylic oxidation sites excluding steroid dienone is 1. The maximum absolute atomic E-state index is 12.9. The molecule has 0 radical (unpaired) electrons. The predicted octanol–water partition coefficient (Wildman–Crippen LogP) is 7.54. The van der Waals surface area contributed by atoms with Crippen LogP contribution in [0.4, 0.5) is 0 Å². The third-order valence-electron chi connectivity index (χ3n) is 5.29. The molecular formula is C24H24Br2O3. The van der Waals surface area contributed by atoms with Crippen LogP contribution in [0.2, 0.25) is 0 Å². The Balaban J connectivity index is 1.77. The molecular weight excluding hydrogens is 496 g/mol. The number of carbonyl (C=O) groups excluding carboxylic acids is 1. The highest BCUT2D eigenvalue weighted by Crippen LogP contribution is 2.60. The summed E-state index contributed by atoms with van der Waals surface area (Å²) in [5, 5.41) is 0. The molecule has 3 rings (SSSR count). The molecule has 3 unspecified atom stereocenters. The number of carbonyl (C=O) groups is 1. The first-order chi connectivity index (χ1) is 13.7. The van der Waals surface area contributed by atoms with E-state index in [1.54, 1.807) is 0 Å². The van der Waals surface area contributed by atoms with E-state index in [4.69, 9.17) is 9.47 Å². The van der Waals surface area contributed by atoms with Crippen molar-refractivity contribution in [2.75, 3.05) is 0 Å². The molecule has 1 saturated carbocycles. The van der Waals surface area contributed by atoms with Gasteiger partial charge in [0.1, 0.15) is 17.6 Å². The van der Waals surface area contributed by atoms with Crippen molar-refractivity contribution in [3.05, 3.63) is 81.8 Å². The van der Waals surface area contributed by atoms with Crippen LogP contribution in [-0.4, -0.2) is 5.97 Å². The van der Waals surface area contributed by atoms with Gasteiger partial charge in [-0.1, -0.05) is 56.8 Å². The standard InChI is InChI=1S/C24H24Br2O3/c1-15(2)22(29-23(27)21-19(14-20(25)26)24(21,3)4)16-9-8-12-18(13-16)28-17-10-6-5-7-11-17/h5-14,19,21-22H,1H2,2-4H3.